The van der Waals surface area contributed by atoms with Gasteiger partial charge in [0.15, 0.2) is 0 Å². The summed E-state index contributed by atoms with van der Waals surface area (Å²) in [7, 11) is 0. The van der Waals surface area contributed by atoms with Crippen molar-refractivity contribution in [3.05, 3.63) is 108 Å². The Morgan fingerprint density at radius 1 is 0.459 bits per heavy atom. The van der Waals surface area contributed by atoms with Crippen molar-refractivity contribution in [2.45, 2.75) is 19.3 Å². The van der Waals surface area contributed by atoms with Crippen molar-refractivity contribution >= 4 is 65.7 Å². The fourth-order valence-corrected chi connectivity index (χ4v) is 6.16. The molecule has 37 heavy (non-hydrogen) atoms. The van der Waals surface area contributed by atoms with E-state index in [0.717, 1.165) is 52.6 Å². The standard InChI is InChI=1S/C33H24N4/c1-5-16-26-20(10-1)22(30-24-12-3-7-18-28(24)36-32(30)34-26)14-9-15-23-21-11-2-6-17-27(21)35-33-31(23)25-13-4-8-19-29(25)37-33/h1-8,10-13,16-19H,9,14-15H2,(H,34,36)(H,35,37). The van der Waals surface area contributed by atoms with E-state index >= 15 is 0 Å². The van der Waals surface area contributed by atoms with Gasteiger partial charge in [0.2, 0.25) is 0 Å². The number of pyridine rings is 2. The average Bonchev–Trinajstić information content (AvgIpc) is 3.50. The summed E-state index contributed by atoms with van der Waals surface area (Å²) in [6, 6.07) is 34.2. The minimum atomic E-state index is 0.974. The van der Waals surface area contributed by atoms with E-state index in [9.17, 15) is 0 Å². The molecule has 0 fully saturated rings. The van der Waals surface area contributed by atoms with Crippen molar-refractivity contribution in [1.29, 1.82) is 0 Å². The molecule has 0 bridgehead atoms. The maximum absolute atomic E-state index is 4.98. The number of hydrogen-bond donors (Lipinski definition) is 2. The van der Waals surface area contributed by atoms with Crippen molar-refractivity contribution in [3.63, 3.8) is 0 Å². The van der Waals surface area contributed by atoms with Crippen LogP contribution in [-0.2, 0) is 12.8 Å². The van der Waals surface area contributed by atoms with E-state index in [0.29, 0.717) is 0 Å². The molecule has 0 radical (unpaired) electrons. The molecule has 4 nitrogen and oxygen atoms in total. The van der Waals surface area contributed by atoms with Gasteiger partial charge in [0, 0.05) is 43.4 Å². The van der Waals surface area contributed by atoms with Crippen LogP contribution in [0.15, 0.2) is 97.1 Å². The van der Waals surface area contributed by atoms with Crippen LogP contribution in [0.2, 0.25) is 0 Å². The van der Waals surface area contributed by atoms with Crippen LogP contribution >= 0.6 is 0 Å². The van der Waals surface area contributed by atoms with E-state index in [1.165, 1.54) is 43.4 Å². The Balaban J connectivity index is 1.29. The van der Waals surface area contributed by atoms with E-state index in [4.69, 9.17) is 9.97 Å². The molecule has 4 aromatic heterocycles. The summed E-state index contributed by atoms with van der Waals surface area (Å²) in [6.07, 6.45) is 2.98. The van der Waals surface area contributed by atoms with Crippen molar-refractivity contribution < 1.29 is 0 Å². The highest BCUT2D eigenvalue weighted by Crippen LogP contribution is 2.35. The zero-order valence-corrected chi connectivity index (χ0v) is 20.3. The van der Waals surface area contributed by atoms with Crippen LogP contribution in [0, 0.1) is 0 Å². The molecule has 0 spiro atoms. The van der Waals surface area contributed by atoms with E-state index in [-0.39, 0.29) is 0 Å². The maximum Gasteiger partial charge on any atom is 0.139 e. The smallest absolute Gasteiger partial charge is 0.139 e. The number of aryl methyl sites for hydroxylation is 2. The normalized spacial score (nSPS) is 12.1. The molecule has 4 aromatic carbocycles. The van der Waals surface area contributed by atoms with Crippen LogP contribution in [0.5, 0.6) is 0 Å². The second kappa shape index (κ2) is 7.90. The predicted octanol–water partition coefficient (Wildman–Crippen LogP) is 8.23. The number of rotatable bonds is 4. The molecule has 0 saturated carbocycles. The molecule has 176 valence electrons. The van der Waals surface area contributed by atoms with Crippen molar-refractivity contribution in [2.75, 3.05) is 0 Å². The number of aromatic amines is 2. The Morgan fingerprint density at radius 3 is 1.35 bits per heavy atom. The lowest BCUT2D eigenvalue weighted by molar-refractivity contribution is 0.838. The van der Waals surface area contributed by atoms with Crippen molar-refractivity contribution in [1.82, 2.24) is 19.9 Å². The van der Waals surface area contributed by atoms with E-state index in [1.54, 1.807) is 0 Å². The second-order valence-corrected chi connectivity index (χ2v) is 9.86. The second-order valence-electron chi connectivity index (χ2n) is 9.86. The molecular weight excluding hydrogens is 452 g/mol. The first-order valence-corrected chi connectivity index (χ1v) is 12.9. The highest BCUT2D eigenvalue weighted by atomic mass is 14.9. The summed E-state index contributed by atoms with van der Waals surface area (Å²) >= 11 is 0. The Labute approximate surface area is 213 Å². The molecule has 0 amide bonds. The first-order valence-electron chi connectivity index (χ1n) is 12.9. The Bertz CT molecular complexity index is 1980. The molecule has 0 saturated heterocycles. The SMILES string of the molecule is c1ccc2c(CCCc3c4ccccc4nc4[nH]c5ccccc5c34)c3c(nc2c1)[nH]c1ccccc13. The zero-order valence-electron chi connectivity index (χ0n) is 20.3. The summed E-state index contributed by atoms with van der Waals surface area (Å²) in [6.45, 7) is 0. The van der Waals surface area contributed by atoms with Gasteiger partial charge < -0.3 is 9.97 Å². The molecule has 0 aliphatic rings. The average molecular weight is 477 g/mol. The number of nitrogens with one attached hydrogen (secondary N) is 2. The zero-order chi connectivity index (χ0) is 24.3. The molecule has 0 unspecified atom stereocenters. The third-order valence-electron chi connectivity index (χ3n) is 7.75. The number of nitrogens with zero attached hydrogens (tertiary/aromatic N) is 2. The minimum absolute atomic E-state index is 0.974. The van der Waals surface area contributed by atoms with Gasteiger partial charge in [-0.05, 0) is 54.7 Å². The van der Waals surface area contributed by atoms with Crippen molar-refractivity contribution in [2.24, 2.45) is 0 Å². The van der Waals surface area contributed by atoms with Crippen molar-refractivity contribution in [3.8, 4) is 0 Å². The van der Waals surface area contributed by atoms with Gasteiger partial charge >= 0.3 is 0 Å². The molecule has 4 heteroatoms. The van der Waals surface area contributed by atoms with Crippen LogP contribution in [0.1, 0.15) is 17.5 Å². The van der Waals surface area contributed by atoms with Gasteiger partial charge in [0.05, 0.1) is 11.0 Å². The first-order chi connectivity index (χ1) is 18.3. The van der Waals surface area contributed by atoms with Gasteiger partial charge in [-0.25, -0.2) is 9.97 Å². The quantitative estimate of drug-likeness (QED) is 0.269. The fourth-order valence-electron chi connectivity index (χ4n) is 6.16. The van der Waals surface area contributed by atoms with Gasteiger partial charge in [-0.3, -0.25) is 0 Å². The summed E-state index contributed by atoms with van der Waals surface area (Å²) in [5.74, 6) is 0. The largest absolute Gasteiger partial charge is 0.339 e. The maximum atomic E-state index is 4.98. The highest BCUT2D eigenvalue weighted by Gasteiger charge is 2.17. The van der Waals surface area contributed by atoms with Crippen LogP contribution in [0.25, 0.3) is 65.7 Å². The molecule has 8 aromatic rings. The summed E-state index contributed by atoms with van der Waals surface area (Å²) in [5.41, 5.74) is 9.09. The number of aromatic nitrogens is 4. The lowest BCUT2D eigenvalue weighted by Gasteiger charge is -2.11. The number of para-hydroxylation sites is 4. The number of fused-ring (bicyclic) bond motifs is 8. The molecule has 2 N–H and O–H groups in total. The van der Waals surface area contributed by atoms with Gasteiger partial charge in [-0.2, -0.15) is 0 Å². The molecule has 8 rings (SSSR count). The van der Waals surface area contributed by atoms with Crippen LogP contribution in [-0.4, -0.2) is 19.9 Å². The van der Waals surface area contributed by atoms with Gasteiger partial charge in [-0.15, -0.1) is 0 Å². The summed E-state index contributed by atoms with van der Waals surface area (Å²) in [4.78, 5) is 17.1. The van der Waals surface area contributed by atoms with E-state index in [1.807, 2.05) is 0 Å². The molecule has 0 atom stereocenters. The minimum Gasteiger partial charge on any atom is -0.339 e. The number of benzene rings is 4. The molecule has 4 heterocycles. The number of hydrogen-bond acceptors (Lipinski definition) is 2. The van der Waals surface area contributed by atoms with Gasteiger partial charge in [0.25, 0.3) is 0 Å². The highest BCUT2D eigenvalue weighted by molar-refractivity contribution is 6.13. The molecule has 0 aliphatic heterocycles. The van der Waals surface area contributed by atoms with Gasteiger partial charge in [0.1, 0.15) is 11.3 Å². The fraction of sp³-hybridized carbons (Fsp3) is 0.0909. The first kappa shape index (κ1) is 20.5. The van der Waals surface area contributed by atoms with Crippen LogP contribution in [0.3, 0.4) is 0 Å². The third-order valence-corrected chi connectivity index (χ3v) is 7.75. The van der Waals surface area contributed by atoms with E-state index < -0.39 is 0 Å². The van der Waals surface area contributed by atoms with Crippen LogP contribution < -0.4 is 0 Å². The van der Waals surface area contributed by atoms with E-state index in [2.05, 4.69) is 107 Å². The Kier molecular flexibility index (Phi) is 4.38. The third kappa shape index (κ3) is 3.09. The van der Waals surface area contributed by atoms with Gasteiger partial charge in [-0.1, -0.05) is 72.8 Å². The molecular formula is C33H24N4. The monoisotopic (exact) mass is 476 g/mol. The molecule has 0 aliphatic carbocycles. The van der Waals surface area contributed by atoms with Crippen LogP contribution in [0.4, 0.5) is 0 Å². The lowest BCUT2D eigenvalue weighted by Crippen LogP contribution is -1.97. The Morgan fingerprint density at radius 2 is 0.865 bits per heavy atom. The summed E-state index contributed by atoms with van der Waals surface area (Å²) in [5, 5.41) is 7.50. The predicted molar refractivity (Wildman–Crippen MR) is 154 cm³/mol. The summed E-state index contributed by atoms with van der Waals surface area (Å²) < 4.78 is 0. The number of H-pyrrole nitrogens is 2. The lowest BCUT2D eigenvalue weighted by atomic mass is 9.94. The Hall–Kier alpha value is -4.70. The topological polar surface area (TPSA) is 57.4 Å².